The van der Waals surface area contributed by atoms with Crippen LogP contribution in [0.4, 0.5) is 0 Å². The molecule has 0 unspecified atom stereocenters. The van der Waals surface area contributed by atoms with Crippen LogP contribution in [0.1, 0.15) is 32.3 Å². The van der Waals surface area contributed by atoms with Gasteiger partial charge in [0.25, 0.3) is 5.56 Å². The van der Waals surface area contributed by atoms with E-state index in [2.05, 4.69) is 26.9 Å². The fourth-order valence-electron chi connectivity index (χ4n) is 3.78. The molecule has 35 heavy (non-hydrogen) atoms. The molecular formula is C25H28N6O4. The van der Waals surface area contributed by atoms with Crippen molar-refractivity contribution < 1.29 is 9.47 Å². The molecule has 0 radical (unpaired) electrons. The standard InChI is InChI=1S/C25H28N6O4/c1-5-12-30-23-21(24(32)31(13-6-2)25(30)33)26-22(27-23)19-16-20(29(3)28-19)35-14-8-10-17-9-7-11-18(15-17)34-4/h7,9,11,15-16H,5-6,12-14H2,1-4H3,(H,26,27). The first kappa shape index (κ1) is 23.9. The maximum atomic E-state index is 12.9. The maximum absolute atomic E-state index is 12.9. The summed E-state index contributed by atoms with van der Waals surface area (Å²) in [6, 6.07) is 9.20. The van der Waals surface area contributed by atoms with Crippen LogP contribution in [-0.4, -0.2) is 42.6 Å². The van der Waals surface area contributed by atoms with E-state index in [-0.39, 0.29) is 17.9 Å². The molecule has 0 amide bonds. The Kier molecular flexibility index (Phi) is 7.06. The van der Waals surface area contributed by atoms with Crippen LogP contribution < -0.4 is 20.7 Å². The molecule has 0 aliphatic rings. The van der Waals surface area contributed by atoms with Gasteiger partial charge in [-0.2, -0.15) is 5.10 Å². The van der Waals surface area contributed by atoms with Crippen molar-refractivity contribution in [3.05, 3.63) is 56.7 Å². The van der Waals surface area contributed by atoms with Crippen molar-refractivity contribution in [2.24, 2.45) is 7.05 Å². The molecule has 0 saturated heterocycles. The van der Waals surface area contributed by atoms with E-state index in [9.17, 15) is 9.59 Å². The van der Waals surface area contributed by atoms with Gasteiger partial charge in [0.1, 0.15) is 17.0 Å². The first-order valence-corrected chi connectivity index (χ1v) is 11.5. The summed E-state index contributed by atoms with van der Waals surface area (Å²) in [5.74, 6) is 7.64. The number of benzene rings is 1. The summed E-state index contributed by atoms with van der Waals surface area (Å²) in [5, 5.41) is 4.46. The zero-order chi connectivity index (χ0) is 24.9. The van der Waals surface area contributed by atoms with Crippen molar-refractivity contribution in [1.29, 1.82) is 0 Å². The monoisotopic (exact) mass is 476 g/mol. The molecule has 1 aromatic carbocycles. The van der Waals surface area contributed by atoms with E-state index >= 15 is 0 Å². The van der Waals surface area contributed by atoms with E-state index in [1.807, 2.05) is 38.1 Å². The number of nitrogens with one attached hydrogen (secondary N) is 1. The van der Waals surface area contributed by atoms with Gasteiger partial charge in [-0.05, 0) is 31.0 Å². The normalized spacial score (nSPS) is 10.9. The number of hydrogen-bond donors (Lipinski definition) is 1. The lowest BCUT2D eigenvalue weighted by atomic mass is 10.2. The van der Waals surface area contributed by atoms with E-state index in [4.69, 9.17) is 9.47 Å². The quantitative estimate of drug-likeness (QED) is 0.392. The Balaban J connectivity index is 1.61. The summed E-state index contributed by atoms with van der Waals surface area (Å²) in [7, 11) is 3.36. The smallest absolute Gasteiger partial charge is 0.332 e. The molecular weight excluding hydrogens is 448 g/mol. The lowest BCUT2D eigenvalue weighted by molar-refractivity contribution is 0.335. The molecule has 0 spiro atoms. The number of rotatable bonds is 8. The molecule has 4 aromatic rings. The number of methoxy groups -OCH3 is 1. The molecule has 1 N–H and O–H groups in total. The van der Waals surface area contributed by atoms with Crippen LogP contribution in [0.3, 0.4) is 0 Å². The number of aromatic nitrogens is 6. The Morgan fingerprint density at radius 3 is 2.60 bits per heavy atom. The number of fused-ring (bicyclic) bond motifs is 1. The molecule has 0 bridgehead atoms. The molecule has 0 fully saturated rings. The topological polar surface area (TPSA) is 109 Å². The second-order valence-electron chi connectivity index (χ2n) is 7.99. The largest absolute Gasteiger partial charge is 0.497 e. The summed E-state index contributed by atoms with van der Waals surface area (Å²) in [6.07, 6.45) is 1.41. The molecule has 182 valence electrons. The summed E-state index contributed by atoms with van der Waals surface area (Å²) < 4.78 is 15.4. The van der Waals surface area contributed by atoms with Crippen LogP contribution in [0.5, 0.6) is 11.6 Å². The third-order valence-electron chi connectivity index (χ3n) is 5.43. The van der Waals surface area contributed by atoms with E-state index in [0.29, 0.717) is 48.1 Å². The Bertz CT molecular complexity index is 1530. The molecule has 10 nitrogen and oxygen atoms in total. The average Bonchev–Trinajstić information content (AvgIpc) is 3.46. The van der Waals surface area contributed by atoms with Crippen molar-refractivity contribution >= 4 is 11.2 Å². The number of H-pyrrole nitrogens is 1. The van der Waals surface area contributed by atoms with Gasteiger partial charge in [0.15, 0.2) is 18.1 Å². The fourth-order valence-corrected chi connectivity index (χ4v) is 3.78. The molecule has 4 rings (SSSR count). The van der Waals surface area contributed by atoms with Crippen molar-refractivity contribution in [1.82, 2.24) is 28.9 Å². The number of imidazole rings is 1. The van der Waals surface area contributed by atoms with Crippen molar-refractivity contribution in [3.63, 3.8) is 0 Å². The van der Waals surface area contributed by atoms with E-state index < -0.39 is 0 Å². The minimum Gasteiger partial charge on any atom is -0.497 e. The van der Waals surface area contributed by atoms with Gasteiger partial charge >= 0.3 is 5.69 Å². The highest BCUT2D eigenvalue weighted by Crippen LogP contribution is 2.22. The molecule has 10 heteroatoms. The predicted molar refractivity (Wildman–Crippen MR) is 133 cm³/mol. The first-order valence-electron chi connectivity index (χ1n) is 11.5. The molecule has 3 heterocycles. The van der Waals surface area contributed by atoms with Gasteiger partial charge in [-0.3, -0.25) is 13.9 Å². The number of ether oxygens (including phenoxy) is 2. The second-order valence-corrected chi connectivity index (χ2v) is 7.99. The highest BCUT2D eigenvalue weighted by Gasteiger charge is 2.19. The molecule has 0 aliphatic carbocycles. The Morgan fingerprint density at radius 2 is 1.86 bits per heavy atom. The lowest BCUT2D eigenvalue weighted by Gasteiger charge is -2.09. The van der Waals surface area contributed by atoms with E-state index in [0.717, 1.165) is 17.7 Å². The number of nitrogens with zero attached hydrogens (tertiary/aromatic N) is 5. The van der Waals surface area contributed by atoms with Gasteiger partial charge < -0.3 is 14.5 Å². The van der Waals surface area contributed by atoms with E-state index in [1.54, 1.807) is 29.5 Å². The van der Waals surface area contributed by atoms with Crippen molar-refractivity contribution in [2.75, 3.05) is 13.7 Å². The van der Waals surface area contributed by atoms with Crippen LogP contribution >= 0.6 is 0 Å². The molecule has 0 saturated carbocycles. The third kappa shape index (κ3) is 4.84. The van der Waals surface area contributed by atoms with Crippen LogP contribution in [0, 0.1) is 11.8 Å². The van der Waals surface area contributed by atoms with Gasteiger partial charge in [0.2, 0.25) is 5.88 Å². The summed E-state index contributed by atoms with van der Waals surface area (Å²) in [5.41, 5.74) is 1.23. The SMILES string of the molecule is CCCn1c(=O)c2[nH]c(-c3cc(OCC#Cc4cccc(OC)c4)n(C)n3)nc2n(CCC)c1=O. The van der Waals surface area contributed by atoms with Crippen LogP contribution in [-0.2, 0) is 20.1 Å². The van der Waals surface area contributed by atoms with Gasteiger partial charge in [-0.1, -0.05) is 31.8 Å². The van der Waals surface area contributed by atoms with E-state index in [1.165, 1.54) is 4.57 Å². The molecule has 0 aliphatic heterocycles. The molecule has 0 atom stereocenters. The number of hydrogen-bond acceptors (Lipinski definition) is 6. The third-order valence-corrected chi connectivity index (χ3v) is 5.43. The van der Waals surface area contributed by atoms with Crippen molar-refractivity contribution in [2.45, 2.75) is 39.8 Å². The van der Waals surface area contributed by atoms with Gasteiger partial charge in [-0.15, -0.1) is 0 Å². The second kappa shape index (κ2) is 10.3. The summed E-state index contributed by atoms with van der Waals surface area (Å²) >= 11 is 0. The van der Waals surface area contributed by atoms with Gasteiger partial charge in [-0.25, -0.2) is 14.5 Å². The average molecular weight is 477 g/mol. The van der Waals surface area contributed by atoms with Crippen LogP contribution in [0.15, 0.2) is 39.9 Å². The maximum Gasteiger partial charge on any atom is 0.332 e. The molecule has 3 aromatic heterocycles. The summed E-state index contributed by atoms with van der Waals surface area (Å²) in [4.78, 5) is 33.5. The van der Waals surface area contributed by atoms with Gasteiger partial charge in [0.05, 0.1) is 7.11 Å². The number of aryl methyl sites for hydroxylation is 2. The minimum atomic E-state index is -0.377. The predicted octanol–water partition coefficient (Wildman–Crippen LogP) is 2.55. The zero-order valence-corrected chi connectivity index (χ0v) is 20.3. The fraction of sp³-hybridized carbons (Fsp3) is 0.360. The van der Waals surface area contributed by atoms with Gasteiger partial charge in [0, 0.05) is 31.8 Å². The summed E-state index contributed by atoms with van der Waals surface area (Å²) in [6.45, 7) is 4.88. The Labute approximate surface area is 202 Å². The van der Waals surface area contributed by atoms with Crippen LogP contribution in [0.2, 0.25) is 0 Å². The minimum absolute atomic E-state index is 0.161. The lowest BCUT2D eigenvalue weighted by Crippen LogP contribution is -2.40. The highest BCUT2D eigenvalue weighted by molar-refractivity contribution is 5.74. The number of aromatic amines is 1. The highest BCUT2D eigenvalue weighted by atomic mass is 16.5. The zero-order valence-electron chi connectivity index (χ0n) is 20.3. The first-order chi connectivity index (χ1) is 17.0. The van der Waals surface area contributed by atoms with Crippen molar-refractivity contribution in [3.8, 4) is 35.0 Å². The Morgan fingerprint density at radius 1 is 1.09 bits per heavy atom. The Hall–Kier alpha value is -4.26. The van der Waals surface area contributed by atoms with Crippen LogP contribution in [0.25, 0.3) is 22.7 Å².